The lowest BCUT2D eigenvalue weighted by atomic mass is 10.0. The van der Waals surface area contributed by atoms with Gasteiger partial charge in [0.2, 0.25) is 11.8 Å². The van der Waals surface area contributed by atoms with Crippen molar-refractivity contribution in [3.8, 4) is 0 Å². The summed E-state index contributed by atoms with van der Waals surface area (Å²) in [6.07, 6.45) is 1.27. The summed E-state index contributed by atoms with van der Waals surface area (Å²) in [6.45, 7) is 0.584. The van der Waals surface area contributed by atoms with Gasteiger partial charge in [-0.15, -0.1) is 23.5 Å². The summed E-state index contributed by atoms with van der Waals surface area (Å²) in [7, 11) is 0. The second-order valence-corrected chi connectivity index (χ2v) is 10.2. The predicted molar refractivity (Wildman–Crippen MR) is 118 cm³/mol. The van der Waals surface area contributed by atoms with Crippen LogP contribution in [0.3, 0.4) is 0 Å². The normalized spacial score (nSPS) is 23.7. The van der Waals surface area contributed by atoms with E-state index in [2.05, 4.69) is 45.5 Å². The second kappa shape index (κ2) is 8.51. The van der Waals surface area contributed by atoms with E-state index in [-0.39, 0.29) is 16.7 Å². The van der Waals surface area contributed by atoms with Crippen LogP contribution >= 0.6 is 39.5 Å². The third-order valence-corrected chi connectivity index (χ3v) is 8.28. The van der Waals surface area contributed by atoms with E-state index in [9.17, 15) is 9.59 Å². The molecule has 0 saturated carbocycles. The van der Waals surface area contributed by atoms with Gasteiger partial charge < -0.3 is 10.2 Å². The number of amides is 2. The molecule has 4 rings (SSSR count). The van der Waals surface area contributed by atoms with Crippen LogP contribution in [0.5, 0.6) is 0 Å². The van der Waals surface area contributed by atoms with Crippen LogP contribution in [-0.2, 0) is 14.5 Å². The van der Waals surface area contributed by atoms with E-state index in [1.165, 1.54) is 4.90 Å². The Hall–Kier alpha value is -1.44. The van der Waals surface area contributed by atoms with Gasteiger partial charge in [-0.1, -0.05) is 46.3 Å². The highest BCUT2D eigenvalue weighted by Crippen LogP contribution is 2.54. The predicted octanol–water partition coefficient (Wildman–Crippen LogP) is 4.25. The highest BCUT2D eigenvalue weighted by Gasteiger charge is 2.56. The van der Waals surface area contributed by atoms with Crippen molar-refractivity contribution in [3.63, 3.8) is 0 Å². The summed E-state index contributed by atoms with van der Waals surface area (Å²) in [6, 6.07) is 17.9. The van der Waals surface area contributed by atoms with Gasteiger partial charge in [-0.25, -0.2) is 0 Å². The molecule has 2 aliphatic heterocycles. The molecule has 0 aliphatic carbocycles. The Labute approximate surface area is 182 Å². The number of hydrogen-bond donors (Lipinski definition) is 1. The van der Waals surface area contributed by atoms with E-state index in [0.717, 1.165) is 22.2 Å². The monoisotopic (exact) mass is 476 g/mol. The minimum atomic E-state index is -0.391. The average molecular weight is 477 g/mol. The Balaban J connectivity index is 1.37. The summed E-state index contributed by atoms with van der Waals surface area (Å²) in [5.74, 6) is 1.48. The van der Waals surface area contributed by atoms with Crippen molar-refractivity contribution in [1.82, 2.24) is 10.2 Å². The van der Waals surface area contributed by atoms with Crippen LogP contribution in [0.4, 0.5) is 0 Å². The quantitative estimate of drug-likeness (QED) is 0.500. The topological polar surface area (TPSA) is 49.4 Å². The number of hydrogen-bond acceptors (Lipinski definition) is 4. The van der Waals surface area contributed by atoms with Crippen LogP contribution in [0.25, 0.3) is 0 Å². The smallest absolute Gasteiger partial charge is 0.243 e. The molecule has 0 aromatic heterocycles. The van der Waals surface area contributed by atoms with Crippen molar-refractivity contribution in [2.24, 2.45) is 0 Å². The first-order valence-electron chi connectivity index (χ1n) is 9.28. The van der Waals surface area contributed by atoms with E-state index >= 15 is 0 Å². The fourth-order valence-corrected chi connectivity index (χ4v) is 6.51. The van der Waals surface area contributed by atoms with E-state index in [0.29, 0.717) is 18.7 Å². The molecule has 0 unspecified atom stereocenters. The van der Waals surface area contributed by atoms with Crippen molar-refractivity contribution in [2.45, 2.75) is 28.6 Å². The molecule has 7 heteroatoms. The Morgan fingerprint density at radius 1 is 1.21 bits per heavy atom. The van der Waals surface area contributed by atoms with Gasteiger partial charge in [0.15, 0.2) is 0 Å². The van der Waals surface area contributed by atoms with Crippen LogP contribution < -0.4 is 5.32 Å². The molecule has 2 amide bonds. The zero-order valence-corrected chi connectivity index (χ0v) is 18.5. The van der Waals surface area contributed by atoms with Crippen LogP contribution in [0.15, 0.2) is 64.0 Å². The Bertz CT molecular complexity index is 862. The number of rotatable bonds is 6. The lowest BCUT2D eigenvalue weighted by Gasteiger charge is -2.34. The van der Waals surface area contributed by atoms with Gasteiger partial charge >= 0.3 is 0 Å². The number of thioether (sulfide) groups is 2. The summed E-state index contributed by atoms with van der Waals surface area (Å²) in [5, 5.41) is 3.03. The molecule has 1 N–H and O–H groups in total. The molecule has 2 aromatic carbocycles. The molecule has 0 bridgehead atoms. The van der Waals surface area contributed by atoms with Gasteiger partial charge in [-0.2, -0.15) is 0 Å². The van der Waals surface area contributed by atoms with Crippen molar-refractivity contribution >= 4 is 51.3 Å². The minimum absolute atomic E-state index is 0.0445. The van der Waals surface area contributed by atoms with Gasteiger partial charge in [-0.3, -0.25) is 9.59 Å². The van der Waals surface area contributed by atoms with E-state index < -0.39 is 6.04 Å². The zero-order valence-electron chi connectivity index (χ0n) is 15.3. The van der Waals surface area contributed by atoms with Gasteiger partial charge in [-0.05, 0) is 36.2 Å². The van der Waals surface area contributed by atoms with Gasteiger partial charge in [0.05, 0.1) is 0 Å². The summed E-state index contributed by atoms with van der Waals surface area (Å²) in [5.41, 5.74) is 1.12. The zero-order chi connectivity index (χ0) is 19.6. The molecule has 0 spiro atoms. The number of carbonyl (C=O) groups is 2. The maximum atomic E-state index is 12.8. The number of carbonyl (C=O) groups excluding carboxylic acids is 2. The third kappa shape index (κ3) is 3.84. The first-order chi connectivity index (χ1) is 13.6. The van der Waals surface area contributed by atoms with Gasteiger partial charge in [0.25, 0.3) is 0 Å². The summed E-state index contributed by atoms with van der Waals surface area (Å²) in [4.78, 5) is 28.1. The standard InChI is InChI=1S/C21H21BrN2O2S2/c22-16-6-8-17(9-7-16)27-13-12-23-20(26)18-14-28-21(11-10-19(25)24(18)21)15-4-2-1-3-5-15/h1-9,18H,10-14H2,(H,23,26)/t18-,21+/m1/s1. The fourth-order valence-electron chi connectivity index (χ4n) is 3.83. The Morgan fingerprint density at radius 3 is 2.71 bits per heavy atom. The first-order valence-corrected chi connectivity index (χ1v) is 12.0. The number of halogens is 1. The molecule has 0 radical (unpaired) electrons. The number of fused-ring (bicyclic) bond motifs is 1. The van der Waals surface area contributed by atoms with Crippen LogP contribution in [0, 0.1) is 0 Å². The molecule has 146 valence electrons. The average Bonchev–Trinajstić information content (AvgIpc) is 3.26. The minimum Gasteiger partial charge on any atom is -0.353 e. The van der Waals surface area contributed by atoms with Crippen molar-refractivity contribution < 1.29 is 9.59 Å². The molecular formula is C21H21BrN2O2S2. The van der Waals surface area contributed by atoms with Crippen molar-refractivity contribution in [3.05, 3.63) is 64.6 Å². The molecule has 2 atom stereocenters. The third-order valence-electron chi connectivity index (χ3n) is 5.14. The van der Waals surface area contributed by atoms with Crippen LogP contribution in [0.2, 0.25) is 0 Å². The number of nitrogens with zero attached hydrogens (tertiary/aromatic N) is 1. The Morgan fingerprint density at radius 2 is 1.96 bits per heavy atom. The van der Waals surface area contributed by atoms with E-state index in [1.807, 2.05) is 35.2 Å². The summed E-state index contributed by atoms with van der Waals surface area (Å²) < 4.78 is 1.06. The molecule has 2 aliphatic rings. The maximum Gasteiger partial charge on any atom is 0.243 e. The van der Waals surface area contributed by atoms with Gasteiger partial charge in [0.1, 0.15) is 10.9 Å². The summed E-state index contributed by atoms with van der Waals surface area (Å²) >= 11 is 6.87. The Kier molecular flexibility index (Phi) is 6.04. The van der Waals surface area contributed by atoms with E-state index in [4.69, 9.17) is 0 Å². The maximum absolute atomic E-state index is 12.8. The SMILES string of the molecule is O=C(NCCSc1ccc(Br)cc1)[C@H]1CS[C@]2(c3ccccc3)CCC(=O)N12. The van der Waals surface area contributed by atoms with Crippen molar-refractivity contribution in [2.75, 3.05) is 18.1 Å². The molecule has 2 saturated heterocycles. The highest BCUT2D eigenvalue weighted by atomic mass is 79.9. The molecule has 28 heavy (non-hydrogen) atoms. The molecule has 4 nitrogen and oxygen atoms in total. The van der Waals surface area contributed by atoms with Crippen LogP contribution in [0.1, 0.15) is 18.4 Å². The molecule has 2 aromatic rings. The van der Waals surface area contributed by atoms with E-state index in [1.54, 1.807) is 23.5 Å². The van der Waals surface area contributed by atoms with Gasteiger partial charge in [0, 0.05) is 33.8 Å². The van der Waals surface area contributed by atoms with Crippen LogP contribution in [-0.4, -0.2) is 40.8 Å². The fraction of sp³-hybridized carbons (Fsp3) is 0.333. The van der Waals surface area contributed by atoms with Crippen molar-refractivity contribution in [1.29, 1.82) is 0 Å². The lowest BCUT2D eigenvalue weighted by Crippen LogP contribution is -2.50. The number of nitrogens with one attached hydrogen (secondary N) is 1. The second-order valence-electron chi connectivity index (χ2n) is 6.83. The highest BCUT2D eigenvalue weighted by molar-refractivity contribution is 9.10. The first kappa shape index (κ1) is 19.9. The number of benzene rings is 2. The lowest BCUT2D eigenvalue weighted by molar-refractivity contribution is -0.138. The largest absolute Gasteiger partial charge is 0.353 e. The molecule has 2 fully saturated rings. The molecular weight excluding hydrogens is 456 g/mol. The molecule has 2 heterocycles.